The number of aliphatic hydroxyl groups excluding tert-OH is 2. The predicted molar refractivity (Wildman–Crippen MR) is 140 cm³/mol. The van der Waals surface area contributed by atoms with Crippen molar-refractivity contribution in [2.75, 3.05) is 27.7 Å². The standard InChI is InChI=1S/C27H36N4O7/c1-11(2)9-30-10-13-8-16(32)18-14(23(13)38-5)6-12-7-15-20(31(3)4)22(34)19(26(29)36)24(28)27(15,37)25(35)17(12)21(18)33/h8,11-12,15,20,28,30,32-34,37H,6-7,9-10H2,1-5H3,(H2,29,36)/t12-,15-,20-,27+/m0/s1. The fraction of sp³-hybridized carbons (Fsp3) is 0.519. The third-order valence-electron chi connectivity index (χ3n) is 7.87. The number of ether oxygens (including phenoxy) is 1. The van der Waals surface area contributed by atoms with Crippen molar-refractivity contribution in [3.8, 4) is 11.5 Å². The number of benzene rings is 1. The molecule has 1 aromatic rings. The molecule has 0 radical (unpaired) electrons. The molecule has 4 rings (SSSR count). The normalized spacial score (nSPS) is 27.0. The molecule has 206 valence electrons. The van der Waals surface area contributed by atoms with Gasteiger partial charge in [0.15, 0.2) is 5.60 Å². The van der Waals surface area contributed by atoms with E-state index in [1.807, 2.05) is 0 Å². The number of Topliss-reactive ketones (excluding diaryl/α,β-unsaturated/α-hetero) is 1. The van der Waals surface area contributed by atoms with Crippen LogP contribution in [0, 0.1) is 23.2 Å². The van der Waals surface area contributed by atoms with Crippen LogP contribution in [-0.2, 0) is 22.6 Å². The molecule has 0 heterocycles. The third kappa shape index (κ3) is 3.96. The number of aromatic hydroxyl groups is 1. The summed E-state index contributed by atoms with van der Waals surface area (Å²) in [6, 6.07) is 0.497. The number of nitrogens with one attached hydrogen (secondary N) is 2. The van der Waals surface area contributed by atoms with Gasteiger partial charge in [-0.15, -0.1) is 0 Å². The second kappa shape index (κ2) is 9.72. The second-order valence-electron chi connectivity index (χ2n) is 11.0. The van der Waals surface area contributed by atoms with E-state index in [9.17, 15) is 30.0 Å². The lowest BCUT2D eigenvalue weighted by Gasteiger charge is -2.51. The van der Waals surface area contributed by atoms with E-state index >= 15 is 0 Å². The summed E-state index contributed by atoms with van der Waals surface area (Å²) in [6.07, 6.45) is 0.310. The number of likely N-dealkylation sites (N-methyl/N-ethyl adjacent to an activating group) is 1. The van der Waals surface area contributed by atoms with Crippen LogP contribution >= 0.6 is 0 Å². The molecular weight excluding hydrogens is 492 g/mol. The summed E-state index contributed by atoms with van der Waals surface area (Å²) in [6.45, 7) is 5.31. The van der Waals surface area contributed by atoms with Gasteiger partial charge in [0.2, 0.25) is 5.78 Å². The number of carbonyl (C=O) groups is 2. The maximum Gasteiger partial charge on any atom is 0.254 e. The molecule has 1 fully saturated rings. The first-order chi connectivity index (χ1) is 17.8. The van der Waals surface area contributed by atoms with E-state index < -0.39 is 58.0 Å². The number of nitrogens with zero attached hydrogens (tertiary/aromatic N) is 1. The summed E-state index contributed by atoms with van der Waals surface area (Å²) in [5.74, 6) is -4.03. The highest BCUT2D eigenvalue weighted by Crippen LogP contribution is 2.53. The van der Waals surface area contributed by atoms with Crippen LogP contribution in [0.3, 0.4) is 0 Å². The number of fused-ring (bicyclic) bond motifs is 3. The zero-order valence-corrected chi connectivity index (χ0v) is 22.3. The summed E-state index contributed by atoms with van der Waals surface area (Å²) >= 11 is 0. The summed E-state index contributed by atoms with van der Waals surface area (Å²) in [5, 5.41) is 56.8. The topological polar surface area (TPSA) is 189 Å². The van der Waals surface area contributed by atoms with E-state index in [0.29, 0.717) is 29.3 Å². The van der Waals surface area contributed by atoms with E-state index in [4.69, 9.17) is 15.9 Å². The van der Waals surface area contributed by atoms with Crippen LogP contribution < -0.4 is 15.8 Å². The van der Waals surface area contributed by atoms with Crippen molar-refractivity contribution in [1.82, 2.24) is 10.2 Å². The van der Waals surface area contributed by atoms with E-state index in [2.05, 4.69) is 19.2 Å². The summed E-state index contributed by atoms with van der Waals surface area (Å²) in [7, 11) is 4.74. The molecule has 1 amide bonds. The number of primary amides is 1. The van der Waals surface area contributed by atoms with Gasteiger partial charge in [0.05, 0.1) is 24.4 Å². The first-order valence-electron chi connectivity index (χ1n) is 12.6. The molecule has 11 heteroatoms. The highest BCUT2D eigenvalue weighted by molar-refractivity contribution is 6.33. The van der Waals surface area contributed by atoms with Gasteiger partial charge in [0, 0.05) is 29.2 Å². The van der Waals surface area contributed by atoms with E-state index in [0.717, 1.165) is 6.54 Å². The molecule has 0 aliphatic heterocycles. The van der Waals surface area contributed by atoms with Crippen LogP contribution in [0.5, 0.6) is 11.5 Å². The highest BCUT2D eigenvalue weighted by atomic mass is 16.5. The maximum atomic E-state index is 13.9. The molecule has 3 aliphatic carbocycles. The van der Waals surface area contributed by atoms with Crippen molar-refractivity contribution in [3.05, 3.63) is 39.7 Å². The number of methoxy groups -OCH3 is 1. The maximum absolute atomic E-state index is 13.9. The third-order valence-corrected chi connectivity index (χ3v) is 7.87. The Bertz CT molecular complexity index is 1280. The Balaban J connectivity index is 1.88. The molecule has 11 nitrogen and oxygen atoms in total. The average molecular weight is 529 g/mol. The van der Waals surface area contributed by atoms with Gasteiger partial charge >= 0.3 is 0 Å². The van der Waals surface area contributed by atoms with Gasteiger partial charge < -0.3 is 41.6 Å². The Labute approximate surface area is 221 Å². The smallest absolute Gasteiger partial charge is 0.254 e. The Morgan fingerprint density at radius 1 is 1.32 bits per heavy atom. The van der Waals surface area contributed by atoms with Crippen LogP contribution in [0.4, 0.5) is 0 Å². The van der Waals surface area contributed by atoms with Crippen LogP contribution in [0.25, 0.3) is 5.76 Å². The first-order valence-corrected chi connectivity index (χ1v) is 12.6. The lowest BCUT2D eigenvalue weighted by atomic mass is 9.56. The van der Waals surface area contributed by atoms with E-state index in [1.165, 1.54) is 13.2 Å². The van der Waals surface area contributed by atoms with Crippen molar-refractivity contribution < 1.29 is 34.8 Å². The molecule has 1 aromatic carbocycles. The molecule has 4 atom stereocenters. The van der Waals surface area contributed by atoms with Gasteiger partial charge in [-0.3, -0.25) is 14.5 Å². The van der Waals surface area contributed by atoms with Gasteiger partial charge in [-0.05, 0) is 51.4 Å². The number of ketones is 1. The Morgan fingerprint density at radius 2 is 1.97 bits per heavy atom. The Hall–Kier alpha value is -3.41. The lowest BCUT2D eigenvalue weighted by Crippen LogP contribution is -2.67. The van der Waals surface area contributed by atoms with Gasteiger partial charge in [-0.25, -0.2) is 0 Å². The largest absolute Gasteiger partial charge is 0.510 e. The fourth-order valence-corrected chi connectivity index (χ4v) is 6.29. The minimum absolute atomic E-state index is 0.0381. The number of nitrogens with two attached hydrogens (primary N) is 1. The van der Waals surface area contributed by atoms with Gasteiger partial charge in [0.25, 0.3) is 5.91 Å². The van der Waals surface area contributed by atoms with Crippen LogP contribution in [0.2, 0.25) is 0 Å². The zero-order valence-electron chi connectivity index (χ0n) is 22.3. The van der Waals surface area contributed by atoms with Crippen molar-refractivity contribution >= 4 is 23.2 Å². The molecule has 0 aromatic heterocycles. The van der Waals surface area contributed by atoms with Crippen molar-refractivity contribution in [2.45, 2.75) is 44.9 Å². The molecule has 3 aliphatic rings. The van der Waals surface area contributed by atoms with E-state index in [-0.39, 0.29) is 29.7 Å². The number of carbonyl (C=O) groups excluding carboxylic acids is 2. The minimum Gasteiger partial charge on any atom is -0.510 e. The van der Waals surface area contributed by atoms with Crippen molar-refractivity contribution in [1.29, 1.82) is 5.41 Å². The molecule has 0 saturated heterocycles. The van der Waals surface area contributed by atoms with Crippen molar-refractivity contribution in [2.24, 2.45) is 23.5 Å². The van der Waals surface area contributed by atoms with Crippen molar-refractivity contribution in [3.63, 3.8) is 0 Å². The van der Waals surface area contributed by atoms with E-state index in [1.54, 1.807) is 19.0 Å². The SMILES string of the molecule is COc1c(CNCC(C)C)cc(O)c2c1C[C@H]1C[C@H]3[C@H](N(C)C)C(O)=C(C(N)=O)C(=N)[C@@]3(O)C(=O)C1=C2O. The Morgan fingerprint density at radius 3 is 2.53 bits per heavy atom. The number of phenolic OH excluding ortho intramolecular Hbond substituents is 1. The summed E-state index contributed by atoms with van der Waals surface area (Å²) in [4.78, 5) is 27.6. The highest BCUT2D eigenvalue weighted by Gasteiger charge is 2.63. The second-order valence-corrected chi connectivity index (χ2v) is 11.0. The van der Waals surface area contributed by atoms with Crippen LogP contribution in [-0.4, -0.2) is 82.1 Å². The van der Waals surface area contributed by atoms with Gasteiger partial charge in [-0.2, -0.15) is 0 Å². The monoisotopic (exact) mass is 528 g/mol. The average Bonchev–Trinajstić information content (AvgIpc) is 2.80. The summed E-state index contributed by atoms with van der Waals surface area (Å²) < 4.78 is 5.71. The molecule has 0 bridgehead atoms. The fourth-order valence-electron chi connectivity index (χ4n) is 6.29. The minimum atomic E-state index is -2.51. The molecule has 38 heavy (non-hydrogen) atoms. The number of hydrogen-bond donors (Lipinski definition) is 7. The number of aliphatic hydroxyl groups is 3. The van der Waals surface area contributed by atoms with Crippen LogP contribution in [0.15, 0.2) is 23.0 Å². The van der Waals surface area contributed by atoms with Crippen LogP contribution in [0.1, 0.15) is 37.0 Å². The summed E-state index contributed by atoms with van der Waals surface area (Å²) in [5.41, 5.74) is 2.63. The predicted octanol–water partition coefficient (Wildman–Crippen LogP) is 1.17. The molecular formula is C27H36N4O7. The molecule has 0 spiro atoms. The lowest BCUT2D eigenvalue weighted by molar-refractivity contribution is -0.138. The molecule has 1 saturated carbocycles. The zero-order chi connectivity index (χ0) is 28.3. The van der Waals surface area contributed by atoms with Gasteiger partial charge in [0.1, 0.15) is 28.6 Å². The number of rotatable bonds is 7. The molecule has 0 unspecified atom stereocenters. The Kier molecular flexibility index (Phi) is 7.06. The first kappa shape index (κ1) is 27.6. The van der Waals surface area contributed by atoms with Gasteiger partial charge in [-0.1, -0.05) is 13.8 Å². The number of amides is 1. The molecule has 8 N–H and O–H groups in total. The number of phenols is 1. The quantitative estimate of drug-likeness (QED) is 0.272. The number of hydrogen-bond acceptors (Lipinski definition) is 10.